The highest BCUT2D eigenvalue weighted by Gasteiger charge is 2.23. The van der Waals surface area contributed by atoms with Gasteiger partial charge in [-0.05, 0) is 60.2 Å². The number of fused-ring (bicyclic) bond motifs is 3. The summed E-state index contributed by atoms with van der Waals surface area (Å²) in [6, 6.07) is 16.8. The molecule has 3 aromatic heterocycles. The van der Waals surface area contributed by atoms with Gasteiger partial charge < -0.3 is 9.47 Å². The molecule has 6 rings (SSSR count). The number of pyridine rings is 1. The van der Waals surface area contributed by atoms with Gasteiger partial charge in [0, 0.05) is 17.8 Å². The molecule has 0 fully saturated rings. The third kappa shape index (κ3) is 3.97. The molecule has 0 radical (unpaired) electrons. The van der Waals surface area contributed by atoms with Crippen molar-refractivity contribution in [1.82, 2.24) is 24.7 Å². The van der Waals surface area contributed by atoms with E-state index in [2.05, 4.69) is 67.9 Å². The molecule has 1 N–H and O–H groups in total. The van der Waals surface area contributed by atoms with Crippen LogP contribution < -0.4 is 10.7 Å². The van der Waals surface area contributed by atoms with Gasteiger partial charge in [-0.3, -0.25) is 9.51 Å². The lowest BCUT2D eigenvalue weighted by Crippen LogP contribution is -2.19. The quantitative estimate of drug-likeness (QED) is 0.337. The normalized spacial score (nSPS) is 13.0. The molecule has 8 nitrogen and oxygen atoms in total. The molecular weight excluding hydrogens is 476 g/mol. The van der Waals surface area contributed by atoms with Gasteiger partial charge in [-0.15, -0.1) is 0 Å². The Morgan fingerprint density at radius 2 is 1.83 bits per heavy atom. The van der Waals surface area contributed by atoms with Crippen molar-refractivity contribution in [2.24, 2.45) is 0 Å². The molecule has 4 heterocycles. The van der Waals surface area contributed by atoms with E-state index in [1.807, 2.05) is 19.1 Å². The standard InChI is InChI=1S/C27H25ClN6O2/c1-3-24-31-25-16(2)12-22(28)29-26(25)34(24)14-17-8-11-21-19(13-17)10-9-18-6-4-5-7-20(18)33(21)15-23-30-27(35)36-32-23/h4-8,11-13H,3,9-10,14-15H2,1-2H3,(H,30,32,35). The minimum Gasteiger partial charge on any atom is -0.333 e. The molecule has 0 atom stereocenters. The fourth-order valence-electron chi connectivity index (χ4n) is 5.10. The second-order valence-corrected chi connectivity index (χ2v) is 9.51. The third-order valence-corrected chi connectivity index (χ3v) is 6.97. The van der Waals surface area contributed by atoms with E-state index in [0.29, 0.717) is 24.1 Å². The van der Waals surface area contributed by atoms with Gasteiger partial charge >= 0.3 is 5.76 Å². The third-order valence-electron chi connectivity index (χ3n) is 6.77. The van der Waals surface area contributed by atoms with E-state index in [4.69, 9.17) is 21.1 Å². The van der Waals surface area contributed by atoms with Gasteiger partial charge in [0.05, 0.1) is 13.1 Å². The van der Waals surface area contributed by atoms with Crippen LogP contribution in [0.3, 0.4) is 0 Å². The molecule has 9 heteroatoms. The first-order chi connectivity index (χ1) is 17.5. The Morgan fingerprint density at radius 3 is 2.64 bits per heavy atom. The highest BCUT2D eigenvalue weighted by Crippen LogP contribution is 2.37. The molecule has 182 valence electrons. The summed E-state index contributed by atoms with van der Waals surface area (Å²) < 4.78 is 6.92. The SMILES string of the molecule is CCc1nc2c(C)cc(Cl)nc2n1Cc1ccc2c(c1)CCc1ccccc1N2Cc1noc(=O)[nH]1. The van der Waals surface area contributed by atoms with Crippen LogP contribution in [0.15, 0.2) is 57.8 Å². The molecule has 36 heavy (non-hydrogen) atoms. The van der Waals surface area contributed by atoms with Crippen molar-refractivity contribution >= 4 is 34.1 Å². The molecule has 1 aliphatic rings. The summed E-state index contributed by atoms with van der Waals surface area (Å²) in [6.45, 7) is 5.19. The number of benzene rings is 2. The fourth-order valence-corrected chi connectivity index (χ4v) is 5.34. The van der Waals surface area contributed by atoms with Crippen LogP contribution in [0.4, 0.5) is 11.4 Å². The topological polar surface area (TPSA) is 92.8 Å². The summed E-state index contributed by atoms with van der Waals surface area (Å²) >= 11 is 6.30. The lowest BCUT2D eigenvalue weighted by Gasteiger charge is -2.26. The molecule has 0 aliphatic carbocycles. The molecule has 0 saturated carbocycles. The largest absolute Gasteiger partial charge is 0.438 e. The molecule has 0 unspecified atom stereocenters. The van der Waals surface area contributed by atoms with Crippen LogP contribution >= 0.6 is 11.6 Å². The highest BCUT2D eigenvalue weighted by atomic mass is 35.5. The minimum atomic E-state index is -0.549. The summed E-state index contributed by atoms with van der Waals surface area (Å²) in [6.07, 6.45) is 2.63. The van der Waals surface area contributed by atoms with Gasteiger partial charge in [0.15, 0.2) is 11.5 Å². The predicted molar refractivity (Wildman–Crippen MR) is 139 cm³/mol. The number of H-pyrrole nitrogens is 1. The Morgan fingerprint density at radius 1 is 1.03 bits per heavy atom. The zero-order chi connectivity index (χ0) is 24.8. The second-order valence-electron chi connectivity index (χ2n) is 9.12. The highest BCUT2D eigenvalue weighted by molar-refractivity contribution is 6.29. The van der Waals surface area contributed by atoms with Crippen molar-refractivity contribution in [2.75, 3.05) is 4.90 Å². The van der Waals surface area contributed by atoms with Crippen LogP contribution in [0.2, 0.25) is 5.15 Å². The average molecular weight is 501 g/mol. The fraction of sp³-hybridized carbons (Fsp3) is 0.259. The number of para-hydroxylation sites is 1. The number of hydrogen-bond acceptors (Lipinski definition) is 6. The lowest BCUT2D eigenvalue weighted by atomic mass is 10.0. The number of rotatable bonds is 5. The van der Waals surface area contributed by atoms with Gasteiger partial charge in [-0.2, -0.15) is 0 Å². The van der Waals surface area contributed by atoms with E-state index in [0.717, 1.165) is 53.2 Å². The van der Waals surface area contributed by atoms with Gasteiger partial charge in [0.25, 0.3) is 0 Å². The number of aromatic amines is 1. The summed E-state index contributed by atoms with van der Waals surface area (Å²) in [5, 5.41) is 4.38. The Kier molecular flexibility index (Phi) is 5.60. The number of halogens is 1. The van der Waals surface area contributed by atoms with Gasteiger partial charge in [0.2, 0.25) is 0 Å². The summed E-state index contributed by atoms with van der Waals surface area (Å²) in [4.78, 5) is 25.9. The predicted octanol–water partition coefficient (Wildman–Crippen LogP) is 5.12. The van der Waals surface area contributed by atoms with E-state index in [1.165, 1.54) is 16.7 Å². The monoisotopic (exact) mass is 500 g/mol. The van der Waals surface area contributed by atoms with E-state index in [9.17, 15) is 4.79 Å². The number of nitrogens with one attached hydrogen (secondary N) is 1. The molecule has 2 aromatic carbocycles. The first-order valence-electron chi connectivity index (χ1n) is 12.0. The average Bonchev–Trinajstić information content (AvgIpc) is 3.40. The number of aryl methyl sites for hydroxylation is 4. The van der Waals surface area contributed by atoms with Gasteiger partial charge in [0.1, 0.15) is 16.5 Å². The first kappa shape index (κ1) is 22.5. The zero-order valence-electron chi connectivity index (χ0n) is 20.1. The van der Waals surface area contributed by atoms with Crippen LogP contribution in [0.5, 0.6) is 0 Å². The van der Waals surface area contributed by atoms with Gasteiger partial charge in [-0.1, -0.05) is 54.0 Å². The summed E-state index contributed by atoms with van der Waals surface area (Å²) in [7, 11) is 0. The molecule has 0 spiro atoms. The number of imidazole rings is 1. The van der Waals surface area contributed by atoms with Crippen LogP contribution in [0, 0.1) is 6.92 Å². The second kappa shape index (κ2) is 8.95. The first-order valence-corrected chi connectivity index (χ1v) is 12.4. The Hall–Kier alpha value is -3.91. The summed E-state index contributed by atoms with van der Waals surface area (Å²) in [5.74, 6) is 0.927. The Balaban J connectivity index is 1.41. The maximum absolute atomic E-state index is 11.6. The Bertz CT molecular complexity index is 1650. The van der Waals surface area contributed by atoms with E-state index in [-0.39, 0.29) is 0 Å². The van der Waals surface area contributed by atoms with Crippen molar-refractivity contribution in [1.29, 1.82) is 0 Å². The molecule has 5 aromatic rings. The van der Waals surface area contributed by atoms with Crippen LogP contribution in [-0.2, 0) is 32.4 Å². The smallest absolute Gasteiger partial charge is 0.333 e. The van der Waals surface area contributed by atoms with Crippen LogP contribution in [0.25, 0.3) is 11.2 Å². The van der Waals surface area contributed by atoms with Crippen molar-refractivity contribution in [3.05, 3.63) is 98.1 Å². The van der Waals surface area contributed by atoms with Crippen molar-refractivity contribution in [3.63, 3.8) is 0 Å². The number of aromatic nitrogens is 5. The maximum Gasteiger partial charge on any atom is 0.438 e. The van der Waals surface area contributed by atoms with Crippen molar-refractivity contribution in [2.45, 2.75) is 46.2 Å². The maximum atomic E-state index is 11.6. The molecule has 0 amide bonds. The summed E-state index contributed by atoms with van der Waals surface area (Å²) in [5.41, 5.74) is 8.60. The van der Waals surface area contributed by atoms with Crippen LogP contribution in [-0.4, -0.2) is 24.7 Å². The van der Waals surface area contributed by atoms with Gasteiger partial charge in [-0.25, -0.2) is 14.8 Å². The van der Waals surface area contributed by atoms with E-state index >= 15 is 0 Å². The number of anilines is 2. The molecule has 0 saturated heterocycles. The van der Waals surface area contributed by atoms with Crippen molar-refractivity contribution < 1.29 is 4.52 Å². The minimum absolute atomic E-state index is 0.406. The molecule has 0 bridgehead atoms. The number of nitrogens with zero attached hydrogens (tertiary/aromatic N) is 5. The van der Waals surface area contributed by atoms with Crippen molar-refractivity contribution in [3.8, 4) is 0 Å². The zero-order valence-corrected chi connectivity index (χ0v) is 20.8. The number of hydrogen-bond donors (Lipinski definition) is 1. The van der Waals surface area contributed by atoms with E-state index < -0.39 is 5.76 Å². The van der Waals surface area contributed by atoms with Crippen LogP contribution in [0.1, 0.15) is 40.8 Å². The van der Waals surface area contributed by atoms with E-state index in [1.54, 1.807) is 0 Å². The molecule has 1 aliphatic heterocycles. The lowest BCUT2D eigenvalue weighted by molar-refractivity contribution is 0.381. The molecular formula is C27H25ClN6O2. The Labute approximate surface area is 212 Å².